The van der Waals surface area contributed by atoms with Crippen molar-refractivity contribution in [3.8, 4) is 11.5 Å². The number of hydrogen-bond donors (Lipinski definition) is 2. The third-order valence-corrected chi connectivity index (χ3v) is 3.08. The zero-order valence-corrected chi connectivity index (χ0v) is 13.1. The summed E-state index contributed by atoms with van der Waals surface area (Å²) in [4.78, 5) is 20.4. The molecule has 0 atom stereocenters. The minimum atomic E-state index is -0.557. The van der Waals surface area contributed by atoms with E-state index in [0.717, 1.165) is 0 Å². The van der Waals surface area contributed by atoms with Crippen LogP contribution >= 0.6 is 0 Å². The highest BCUT2D eigenvalue weighted by atomic mass is 16.6. The number of non-ortho nitro benzene ring substituents is 2. The fraction of sp³-hybridized carbons (Fsp3) is 0.200. The van der Waals surface area contributed by atoms with E-state index in [4.69, 9.17) is 20.9 Å². The van der Waals surface area contributed by atoms with Gasteiger partial charge < -0.3 is 20.9 Å². The number of nitrogens with zero attached hydrogens (tertiary/aromatic N) is 2. The van der Waals surface area contributed by atoms with Crippen LogP contribution in [0, 0.1) is 20.2 Å². The van der Waals surface area contributed by atoms with E-state index in [2.05, 4.69) is 0 Å². The van der Waals surface area contributed by atoms with Crippen LogP contribution in [-0.2, 0) is 0 Å². The van der Waals surface area contributed by atoms with Crippen LogP contribution in [-0.4, -0.2) is 23.1 Å². The van der Waals surface area contributed by atoms with Crippen molar-refractivity contribution in [2.24, 2.45) is 0 Å². The van der Waals surface area contributed by atoms with Gasteiger partial charge in [-0.1, -0.05) is 0 Å². The highest BCUT2D eigenvalue weighted by Crippen LogP contribution is 2.25. The largest absolute Gasteiger partial charge is 0.493 e. The lowest BCUT2D eigenvalue weighted by Crippen LogP contribution is -2.06. The molecule has 0 unspecified atom stereocenters. The second-order valence-corrected chi connectivity index (χ2v) is 5.09. The third kappa shape index (κ3) is 5.23. The van der Waals surface area contributed by atoms with Crippen LogP contribution in [0.4, 0.5) is 22.7 Å². The Labute approximate surface area is 142 Å². The maximum atomic E-state index is 10.8. The minimum absolute atomic E-state index is 0.154. The molecule has 0 saturated carbocycles. The summed E-state index contributed by atoms with van der Waals surface area (Å²) in [6.07, 6.45) is 0.450. The number of rotatable bonds is 8. The summed E-state index contributed by atoms with van der Waals surface area (Å²) in [5.41, 5.74) is 11.3. The molecule has 10 nitrogen and oxygen atoms in total. The van der Waals surface area contributed by atoms with Gasteiger partial charge in [0.05, 0.1) is 35.2 Å². The van der Waals surface area contributed by atoms with Crippen LogP contribution in [0.15, 0.2) is 36.4 Å². The molecule has 4 N–H and O–H groups in total. The van der Waals surface area contributed by atoms with Crippen LogP contribution in [0.25, 0.3) is 0 Å². The van der Waals surface area contributed by atoms with Crippen molar-refractivity contribution in [1.29, 1.82) is 0 Å². The Morgan fingerprint density at radius 1 is 0.760 bits per heavy atom. The normalized spacial score (nSPS) is 10.2. The molecule has 0 bridgehead atoms. The first-order chi connectivity index (χ1) is 11.8. The van der Waals surface area contributed by atoms with Crippen molar-refractivity contribution in [3.05, 3.63) is 56.6 Å². The van der Waals surface area contributed by atoms with Gasteiger partial charge >= 0.3 is 0 Å². The van der Waals surface area contributed by atoms with Gasteiger partial charge in [-0.15, -0.1) is 0 Å². The Balaban J connectivity index is 1.84. The quantitative estimate of drug-likeness (QED) is 0.319. The standard InChI is InChI=1S/C15H16N4O6/c16-10-4-12(18(20)21)8-14(6-10)24-2-1-3-25-15-7-11(17)5-13(9-15)19(22)23/h4-9H,1-3,16-17H2. The highest BCUT2D eigenvalue weighted by Gasteiger charge is 2.10. The number of ether oxygens (including phenoxy) is 2. The van der Waals surface area contributed by atoms with Crippen molar-refractivity contribution in [2.75, 3.05) is 24.7 Å². The predicted octanol–water partition coefficient (Wildman–Crippen LogP) is 2.52. The molecule has 10 heteroatoms. The Morgan fingerprint density at radius 3 is 1.52 bits per heavy atom. The Morgan fingerprint density at radius 2 is 1.16 bits per heavy atom. The van der Waals surface area contributed by atoms with E-state index in [-0.39, 0.29) is 47.5 Å². The molecular formula is C15H16N4O6. The minimum Gasteiger partial charge on any atom is -0.493 e. The van der Waals surface area contributed by atoms with Gasteiger partial charge in [0.2, 0.25) is 0 Å². The molecule has 0 spiro atoms. The number of hydrogen-bond acceptors (Lipinski definition) is 8. The number of nitro benzene ring substituents is 2. The molecule has 0 aliphatic rings. The van der Waals surface area contributed by atoms with E-state index < -0.39 is 9.85 Å². The molecule has 2 aromatic rings. The highest BCUT2D eigenvalue weighted by molar-refractivity contribution is 5.54. The molecule has 25 heavy (non-hydrogen) atoms. The number of nitrogen functional groups attached to an aromatic ring is 2. The molecule has 0 radical (unpaired) electrons. The molecule has 0 amide bonds. The summed E-state index contributed by atoms with van der Waals surface area (Å²) < 4.78 is 10.8. The van der Waals surface area contributed by atoms with Gasteiger partial charge in [-0.05, 0) is 0 Å². The second-order valence-electron chi connectivity index (χ2n) is 5.09. The number of benzene rings is 2. The number of anilines is 2. The van der Waals surface area contributed by atoms with Crippen LogP contribution in [0.2, 0.25) is 0 Å². The van der Waals surface area contributed by atoms with Crippen LogP contribution in [0.3, 0.4) is 0 Å². The monoisotopic (exact) mass is 348 g/mol. The van der Waals surface area contributed by atoms with E-state index in [1.54, 1.807) is 0 Å². The van der Waals surface area contributed by atoms with E-state index >= 15 is 0 Å². The van der Waals surface area contributed by atoms with E-state index in [1.807, 2.05) is 0 Å². The lowest BCUT2D eigenvalue weighted by atomic mass is 10.2. The van der Waals surface area contributed by atoms with E-state index in [9.17, 15) is 20.2 Å². The molecule has 0 aliphatic heterocycles. The zero-order chi connectivity index (χ0) is 18.4. The SMILES string of the molecule is Nc1cc(OCCCOc2cc(N)cc([N+](=O)[O-])c2)cc([N+](=O)[O-])c1. The van der Waals surface area contributed by atoms with Gasteiger partial charge in [-0.2, -0.15) is 0 Å². The van der Waals surface area contributed by atoms with Crippen LogP contribution < -0.4 is 20.9 Å². The summed E-state index contributed by atoms with van der Waals surface area (Å²) in [6.45, 7) is 0.454. The first-order valence-corrected chi connectivity index (χ1v) is 7.20. The van der Waals surface area contributed by atoms with Gasteiger partial charge in [-0.25, -0.2) is 0 Å². The van der Waals surface area contributed by atoms with Gasteiger partial charge in [0, 0.05) is 42.1 Å². The van der Waals surface area contributed by atoms with Gasteiger partial charge in [0.1, 0.15) is 11.5 Å². The summed E-state index contributed by atoms with van der Waals surface area (Å²) in [6, 6.07) is 7.99. The van der Waals surface area contributed by atoms with Crippen molar-refractivity contribution in [2.45, 2.75) is 6.42 Å². The van der Waals surface area contributed by atoms with Crippen molar-refractivity contribution in [1.82, 2.24) is 0 Å². The number of nitro groups is 2. The number of nitrogens with two attached hydrogens (primary N) is 2. The molecule has 0 fully saturated rings. The first kappa shape index (κ1) is 17.8. The van der Waals surface area contributed by atoms with E-state index in [1.165, 1.54) is 36.4 Å². The zero-order valence-electron chi connectivity index (χ0n) is 13.1. The summed E-state index contributed by atoms with van der Waals surface area (Å²) in [7, 11) is 0. The molecule has 0 aromatic heterocycles. The Bertz CT molecular complexity index is 730. The van der Waals surface area contributed by atoms with Crippen molar-refractivity contribution < 1.29 is 19.3 Å². The van der Waals surface area contributed by atoms with Crippen LogP contribution in [0.5, 0.6) is 11.5 Å². The van der Waals surface area contributed by atoms with Gasteiger partial charge in [-0.3, -0.25) is 20.2 Å². The molecule has 0 heterocycles. The fourth-order valence-electron chi connectivity index (χ4n) is 2.03. The maximum Gasteiger partial charge on any atom is 0.275 e. The summed E-state index contributed by atoms with van der Waals surface area (Å²) in [5.74, 6) is 0.567. The molecule has 2 rings (SSSR count). The molecule has 0 aliphatic carbocycles. The van der Waals surface area contributed by atoms with Crippen molar-refractivity contribution in [3.63, 3.8) is 0 Å². The second kappa shape index (κ2) is 7.81. The fourth-order valence-corrected chi connectivity index (χ4v) is 2.03. The molecule has 2 aromatic carbocycles. The maximum absolute atomic E-state index is 10.8. The Hall–Kier alpha value is -3.56. The van der Waals surface area contributed by atoms with Gasteiger partial charge in [0.25, 0.3) is 11.4 Å². The summed E-state index contributed by atoms with van der Waals surface area (Å²) in [5, 5.41) is 21.5. The van der Waals surface area contributed by atoms with Crippen LogP contribution in [0.1, 0.15) is 6.42 Å². The third-order valence-electron chi connectivity index (χ3n) is 3.08. The average molecular weight is 348 g/mol. The molecular weight excluding hydrogens is 332 g/mol. The topological polar surface area (TPSA) is 157 Å². The first-order valence-electron chi connectivity index (χ1n) is 7.20. The lowest BCUT2D eigenvalue weighted by Gasteiger charge is -2.09. The predicted molar refractivity (Wildman–Crippen MR) is 90.6 cm³/mol. The van der Waals surface area contributed by atoms with Crippen molar-refractivity contribution >= 4 is 22.7 Å². The lowest BCUT2D eigenvalue weighted by molar-refractivity contribution is -0.385. The Kier molecular flexibility index (Phi) is 5.56. The van der Waals surface area contributed by atoms with Gasteiger partial charge in [0.15, 0.2) is 0 Å². The smallest absolute Gasteiger partial charge is 0.275 e. The molecule has 132 valence electrons. The van der Waals surface area contributed by atoms with E-state index in [0.29, 0.717) is 6.42 Å². The summed E-state index contributed by atoms with van der Waals surface area (Å²) >= 11 is 0. The molecule has 0 saturated heterocycles. The average Bonchev–Trinajstić information content (AvgIpc) is 2.53.